The highest BCUT2D eigenvalue weighted by molar-refractivity contribution is 5.92. The largest absolute Gasteiger partial charge is 0.484 e. The van der Waals surface area contributed by atoms with Crippen molar-refractivity contribution in [2.45, 2.75) is 26.4 Å². The lowest BCUT2D eigenvalue weighted by Crippen LogP contribution is -2.04. The van der Waals surface area contributed by atoms with Gasteiger partial charge in [0.1, 0.15) is 5.75 Å². The Kier molecular flexibility index (Phi) is 3.72. The normalized spacial score (nSPS) is 11.5. The molecular formula is C19H17N3O3. The van der Waals surface area contributed by atoms with E-state index < -0.39 is 0 Å². The molecular weight excluding hydrogens is 318 g/mol. The van der Waals surface area contributed by atoms with E-state index in [0.29, 0.717) is 28.2 Å². The second kappa shape index (κ2) is 6.05. The molecule has 0 spiro atoms. The fourth-order valence-corrected chi connectivity index (χ4v) is 2.70. The van der Waals surface area contributed by atoms with Gasteiger partial charge in [0, 0.05) is 22.2 Å². The summed E-state index contributed by atoms with van der Waals surface area (Å²) in [4.78, 5) is 20.2. The average Bonchev–Trinajstić information content (AvgIpc) is 3.10. The molecule has 0 fully saturated rings. The Bertz CT molecular complexity index is 1110. The van der Waals surface area contributed by atoms with Crippen LogP contribution in [0.4, 0.5) is 0 Å². The van der Waals surface area contributed by atoms with Crippen molar-refractivity contribution in [1.82, 2.24) is 15.1 Å². The van der Waals surface area contributed by atoms with E-state index in [9.17, 15) is 4.79 Å². The van der Waals surface area contributed by atoms with Crippen LogP contribution in [0.3, 0.4) is 0 Å². The fraction of sp³-hybridized carbons (Fsp3) is 0.211. The molecule has 0 saturated heterocycles. The third-order valence-corrected chi connectivity index (χ3v) is 4.04. The van der Waals surface area contributed by atoms with Crippen LogP contribution in [0.2, 0.25) is 0 Å². The van der Waals surface area contributed by atoms with Crippen molar-refractivity contribution in [3.63, 3.8) is 0 Å². The Labute approximate surface area is 143 Å². The van der Waals surface area contributed by atoms with Crippen LogP contribution in [0, 0.1) is 0 Å². The highest BCUT2D eigenvalue weighted by atomic mass is 16.5. The number of aromatic nitrogens is 3. The maximum Gasteiger partial charge on any atom is 0.264 e. The van der Waals surface area contributed by atoms with Gasteiger partial charge in [-0.2, -0.15) is 4.98 Å². The maximum atomic E-state index is 12.7. The zero-order valence-electron chi connectivity index (χ0n) is 13.9. The molecule has 0 aliphatic carbocycles. The first kappa shape index (κ1) is 15.4. The second-order valence-electron chi connectivity index (χ2n) is 6.20. The Morgan fingerprint density at radius 1 is 1.12 bits per heavy atom. The molecule has 6 heteroatoms. The van der Waals surface area contributed by atoms with Gasteiger partial charge in [0.2, 0.25) is 0 Å². The maximum absolute atomic E-state index is 12.7. The third kappa shape index (κ3) is 2.87. The molecule has 0 aliphatic rings. The molecule has 0 saturated carbocycles. The number of para-hydroxylation sites is 1. The van der Waals surface area contributed by atoms with Gasteiger partial charge in [-0.25, -0.2) is 0 Å². The fourth-order valence-electron chi connectivity index (χ4n) is 2.70. The van der Waals surface area contributed by atoms with Crippen LogP contribution in [0.15, 0.2) is 51.8 Å². The van der Waals surface area contributed by atoms with E-state index in [1.54, 1.807) is 6.07 Å². The van der Waals surface area contributed by atoms with Gasteiger partial charge in [-0.05, 0) is 30.3 Å². The lowest BCUT2D eigenvalue weighted by Gasteiger charge is -2.06. The average molecular weight is 335 g/mol. The standard InChI is InChI=1S/C19H17N3O3/c1-11(2)19-21-17(25-22-19)10-24-12-7-8-16-14(9-12)18(23)13-5-3-4-6-15(13)20-16/h3-9,11H,10H2,1-2H3,(H,20,23). The predicted molar refractivity (Wildman–Crippen MR) is 94.8 cm³/mol. The molecule has 4 rings (SSSR count). The molecule has 0 atom stereocenters. The number of aromatic amines is 1. The van der Waals surface area contributed by atoms with Crippen LogP contribution in [-0.2, 0) is 6.61 Å². The third-order valence-electron chi connectivity index (χ3n) is 4.04. The lowest BCUT2D eigenvalue weighted by atomic mass is 10.1. The summed E-state index contributed by atoms with van der Waals surface area (Å²) in [6.07, 6.45) is 0. The first-order chi connectivity index (χ1) is 12.1. The van der Waals surface area contributed by atoms with E-state index in [4.69, 9.17) is 9.26 Å². The first-order valence-corrected chi connectivity index (χ1v) is 8.12. The van der Waals surface area contributed by atoms with Crippen LogP contribution >= 0.6 is 0 Å². The van der Waals surface area contributed by atoms with E-state index in [1.165, 1.54) is 0 Å². The number of hydrogen-bond acceptors (Lipinski definition) is 5. The molecule has 0 bridgehead atoms. The molecule has 2 aromatic carbocycles. The molecule has 126 valence electrons. The van der Waals surface area contributed by atoms with Gasteiger partial charge >= 0.3 is 0 Å². The van der Waals surface area contributed by atoms with Crippen molar-refractivity contribution in [2.24, 2.45) is 0 Å². The number of nitrogens with zero attached hydrogens (tertiary/aromatic N) is 2. The Balaban J connectivity index is 1.65. The van der Waals surface area contributed by atoms with Gasteiger partial charge in [-0.1, -0.05) is 31.1 Å². The smallest absolute Gasteiger partial charge is 0.264 e. The highest BCUT2D eigenvalue weighted by Crippen LogP contribution is 2.21. The number of benzene rings is 2. The summed E-state index contributed by atoms with van der Waals surface area (Å²) in [6, 6.07) is 12.8. The van der Waals surface area contributed by atoms with Crippen molar-refractivity contribution >= 4 is 21.8 Å². The minimum atomic E-state index is -0.0188. The molecule has 0 radical (unpaired) electrons. The minimum absolute atomic E-state index is 0.0188. The van der Waals surface area contributed by atoms with Crippen LogP contribution in [0.1, 0.15) is 31.5 Å². The van der Waals surface area contributed by atoms with E-state index in [1.807, 2.05) is 50.2 Å². The van der Waals surface area contributed by atoms with Crippen LogP contribution in [0.5, 0.6) is 5.75 Å². The zero-order valence-corrected chi connectivity index (χ0v) is 13.9. The van der Waals surface area contributed by atoms with Gasteiger partial charge in [0.15, 0.2) is 17.9 Å². The van der Waals surface area contributed by atoms with E-state index >= 15 is 0 Å². The van der Waals surface area contributed by atoms with Crippen molar-refractivity contribution in [1.29, 1.82) is 0 Å². The minimum Gasteiger partial charge on any atom is -0.484 e. The number of nitrogens with one attached hydrogen (secondary N) is 1. The number of pyridine rings is 1. The molecule has 0 amide bonds. The van der Waals surface area contributed by atoms with Gasteiger partial charge in [0.25, 0.3) is 5.89 Å². The van der Waals surface area contributed by atoms with E-state index in [2.05, 4.69) is 15.1 Å². The van der Waals surface area contributed by atoms with Crippen molar-refractivity contribution in [3.8, 4) is 5.75 Å². The number of hydrogen-bond donors (Lipinski definition) is 1. The SMILES string of the molecule is CC(C)c1noc(COc2ccc3[nH]c4ccccc4c(=O)c3c2)n1. The number of ether oxygens (including phenoxy) is 1. The van der Waals surface area contributed by atoms with Crippen LogP contribution < -0.4 is 10.2 Å². The molecule has 6 nitrogen and oxygen atoms in total. The van der Waals surface area contributed by atoms with Gasteiger partial charge in [-0.15, -0.1) is 0 Å². The van der Waals surface area contributed by atoms with Crippen molar-refractivity contribution in [2.75, 3.05) is 0 Å². The molecule has 25 heavy (non-hydrogen) atoms. The summed E-state index contributed by atoms with van der Waals surface area (Å²) in [7, 11) is 0. The summed E-state index contributed by atoms with van der Waals surface area (Å²) >= 11 is 0. The summed E-state index contributed by atoms with van der Waals surface area (Å²) in [6.45, 7) is 4.15. The van der Waals surface area contributed by atoms with Gasteiger partial charge < -0.3 is 14.2 Å². The summed E-state index contributed by atoms with van der Waals surface area (Å²) in [5.74, 6) is 1.85. The molecule has 0 unspecified atom stereocenters. The summed E-state index contributed by atoms with van der Waals surface area (Å²) < 4.78 is 10.9. The molecule has 1 N–H and O–H groups in total. The van der Waals surface area contributed by atoms with Crippen molar-refractivity contribution < 1.29 is 9.26 Å². The summed E-state index contributed by atoms with van der Waals surface area (Å²) in [5.41, 5.74) is 1.58. The van der Waals surface area contributed by atoms with Crippen molar-refractivity contribution in [3.05, 3.63) is 64.4 Å². The zero-order chi connectivity index (χ0) is 17.4. The van der Waals surface area contributed by atoms with Crippen LogP contribution in [-0.4, -0.2) is 15.1 Å². The lowest BCUT2D eigenvalue weighted by molar-refractivity contribution is 0.242. The monoisotopic (exact) mass is 335 g/mol. The Morgan fingerprint density at radius 3 is 2.72 bits per heavy atom. The topological polar surface area (TPSA) is 81.0 Å². The summed E-state index contributed by atoms with van der Waals surface area (Å²) in [5, 5.41) is 5.15. The number of H-pyrrole nitrogens is 1. The molecule has 0 aliphatic heterocycles. The van der Waals surface area contributed by atoms with E-state index in [0.717, 1.165) is 11.0 Å². The molecule has 2 heterocycles. The molecule has 4 aromatic rings. The number of rotatable bonds is 4. The first-order valence-electron chi connectivity index (χ1n) is 8.12. The van der Waals surface area contributed by atoms with Crippen LogP contribution in [0.25, 0.3) is 21.8 Å². The quantitative estimate of drug-likeness (QED) is 0.574. The van der Waals surface area contributed by atoms with E-state index in [-0.39, 0.29) is 18.0 Å². The van der Waals surface area contributed by atoms with Gasteiger partial charge in [-0.3, -0.25) is 4.79 Å². The number of fused-ring (bicyclic) bond motifs is 2. The van der Waals surface area contributed by atoms with Gasteiger partial charge in [0.05, 0.1) is 5.52 Å². The second-order valence-corrected chi connectivity index (χ2v) is 6.20. The molecule has 2 aromatic heterocycles. The predicted octanol–water partition coefficient (Wildman–Crippen LogP) is 3.77. The Morgan fingerprint density at radius 2 is 1.92 bits per heavy atom. The highest BCUT2D eigenvalue weighted by Gasteiger charge is 2.11. The Hall–Kier alpha value is -3.15.